The lowest BCUT2D eigenvalue weighted by Gasteiger charge is -2.09. The van der Waals surface area contributed by atoms with E-state index in [9.17, 15) is 4.79 Å². The monoisotopic (exact) mass is 225 g/mol. The van der Waals surface area contributed by atoms with Crippen LogP contribution in [0, 0.1) is 6.92 Å². The molecule has 1 rings (SSSR count). The Balaban J connectivity index is 2.90. The average Bonchev–Trinajstić information content (AvgIpc) is 2.16. The van der Waals surface area contributed by atoms with Crippen molar-refractivity contribution < 1.29 is 4.79 Å². The van der Waals surface area contributed by atoms with Gasteiger partial charge < -0.3 is 4.90 Å². The normalized spacial score (nSPS) is 10.7. The summed E-state index contributed by atoms with van der Waals surface area (Å²) in [5, 5.41) is 0.703. The van der Waals surface area contributed by atoms with E-state index in [4.69, 9.17) is 0 Å². The number of thioether (sulfide) groups is 1. The molecule has 0 aliphatic heterocycles. The molecule has 0 saturated heterocycles. The van der Waals surface area contributed by atoms with Gasteiger partial charge in [0.05, 0.1) is 17.8 Å². The quantitative estimate of drug-likeness (QED) is 0.438. The Morgan fingerprint density at radius 1 is 1.53 bits per heavy atom. The molecule has 0 N–H and O–H groups in total. The minimum Gasteiger partial charge on any atom is -0.302 e. The number of nitrogens with zero attached hydrogens (tertiary/aromatic N) is 3. The second-order valence-corrected chi connectivity index (χ2v) is 4.29. The maximum Gasteiger partial charge on any atom is 0.187 e. The average molecular weight is 225 g/mol. The Labute approximate surface area is 94.1 Å². The molecule has 5 heteroatoms. The minimum absolute atomic E-state index is 0.0603. The van der Waals surface area contributed by atoms with Gasteiger partial charge in [0.2, 0.25) is 0 Å². The number of carbonyl (C=O) groups is 1. The Morgan fingerprint density at radius 2 is 2.20 bits per heavy atom. The third kappa shape index (κ3) is 3.28. The summed E-state index contributed by atoms with van der Waals surface area (Å²) in [6.07, 6.45) is 3.52. The summed E-state index contributed by atoms with van der Waals surface area (Å²) in [5.41, 5.74) is 1.36. The van der Waals surface area contributed by atoms with Gasteiger partial charge in [-0.15, -0.1) is 0 Å². The van der Waals surface area contributed by atoms with Crippen LogP contribution in [-0.4, -0.2) is 47.5 Å². The van der Waals surface area contributed by atoms with Crippen LogP contribution in [0.4, 0.5) is 0 Å². The standard InChI is InChI=1S/C10H15N3OS/c1-7-8(9(14)6-13(2)3)5-11-10(12-7)15-4/h5H,6H2,1-4H3. The van der Waals surface area contributed by atoms with Crippen molar-refractivity contribution in [3.05, 3.63) is 17.5 Å². The van der Waals surface area contributed by atoms with Gasteiger partial charge >= 0.3 is 0 Å². The van der Waals surface area contributed by atoms with E-state index < -0.39 is 0 Å². The number of Topliss-reactive ketones (excluding diaryl/α,β-unsaturated/α-hetero) is 1. The maximum atomic E-state index is 11.7. The predicted molar refractivity (Wildman–Crippen MR) is 61.4 cm³/mol. The number of carbonyl (C=O) groups excluding carboxylic acids is 1. The van der Waals surface area contributed by atoms with Gasteiger partial charge in [0, 0.05) is 6.20 Å². The topological polar surface area (TPSA) is 46.1 Å². The lowest BCUT2D eigenvalue weighted by Crippen LogP contribution is -2.22. The molecule has 0 radical (unpaired) electrons. The SMILES string of the molecule is CSc1ncc(C(=O)CN(C)C)c(C)n1. The van der Waals surface area contributed by atoms with Gasteiger partial charge in [-0.2, -0.15) is 0 Å². The first-order chi connectivity index (χ1) is 7.04. The van der Waals surface area contributed by atoms with Crippen molar-refractivity contribution in [1.29, 1.82) is 0 Å². The van der Waals surface area contributed by atoms with E-state index in [-0.39, 0.29) is 5.78 Å². The number of hydrogen-bond donors (Lipinski definition) is 0. The Bertz CT molecular complexity index is 366. The molecule has 1 aromatic heterocycles. The van der Waals surface area contributed by atoms with Gasteiger partial charge in [0.25, 0.3) is 0 Å². The first-order valence-electron chi connectivity index (χ1n) is 4.60. The summed E-state index contributed by atoms with van der Waals surface area (Å²) >= 11 is 1.47. The minimum atomic E-state index is 0.0603. The Hall–Kier alpha value is -0.940. The van der Waals surface area contributed by atoms with Crippen LogP contribution in [0.3, 0.4) is 0 Å². The fourth-order valence-corrected chi connectivity index (χ4v) is 1.58. The van der Waals surface area contributed by atoms with Crippen LogP contribution in [0.15, 0.2) is 11.4 Å². The third-order valence-electron chi connectivity index (χ3n) is 1.90. The molecular weight excluding hydrogens is 210 g/mol. The molecule has 0 aromatic carbocycles. The first kappa shape index (κ1) is 12.1. The molecule has 0 bridgehead atoms. The molecule has 4 nitrogen and oxygen atoms in total. The van der Waals surface area contributed by atoms with E-state index in [0.29, 0.717) is 17.3 Å². The summed E-state index contributed by atoms with van der Waals surface area (Å²) in [7, 11) is 3.73. The van der Waals surface area contributed by atoms with Gasteiger partial charge in [0.15, 0.2) is 10.9 Å². The predicted octanol–water partition coefficient (Wildman–Crippen LogP) is 1.25. The van der Waals surface area contributed by atoms with Crippen LogP contribution in [-0.2, 0) is 0 Å². The lowest BCUT2D eigenvalue weighted by atomic mass is 10.1. The van der Waals surface area contributed by atoms with Crippen molar-refractivity contribution in [3.63, 3.8) is 0 Å². The first-order valence-corrected chi connectivity index (χ1v) is 5.82. The van der Waals surface area contributed by atoms with Gasteiger partial charge in [-0.3, -0.25) is 4.79 Å². The highest BCUT2D eigenvalue weighted by Gasteiger charge is 2.12. The molecule has 15 heavy (non-hydrogen) atoms. The molecule has 0 aliphatic rings. The Kier molecular flexibility index (Phi) is 4.23. The van der Waals surface area contributed by atoms with Gasteiger partial charge in [-0.05, 0) is 27.3 Å². The number of rotatable bonds is 4. The van der Waals surface area contributed by atoms with Crippen molar-refractivity contribution in [3.8, 4) is 0 Å². The zero-order valence-corrected chi connectivity index (χ0v) is 10.3. The van der Waals surface area contributed by atoms with E-state index in [1.54, 1.807) is 6.20 Å². The summed E-state index contributed by atoms with van der Waals surface area (Å²) in [4.78, 5) is 21.9. The van der Waals surface area contributed by atoms with E-state index in [0.717, 1.165) is 5.69 Å². The lowest BCUT2D eigenvalue weighted by molar-refractivity contribution is 0.0956. The highest BCUT2D eigenvalue weighted by atomic mass is 32.2. The molecular formula is C10H15N3OS. The number of aryl methyl sites for hydroxylation is 1. The van der Waals surface area contributed by atoms with E-state index in [1.807, 2.05) is 32.2 Å². The summed E-state index contributed by atoms with van der Waals surface area (Å²) in [5.74, 6) is 0.0603. The smallest absolute Gasteiger partial charge is 0.187 e. The zero-order valence-electron chi connectivity index (χ0n) is 9.44. The molecule has 0 atom stereocenters. The second-order valence-electron chi connectivity index (χ2n) is 3.52. The van der Waals surface area contributed by atoms with Crippen molar-refractivity contribution in [1.82, 2.24) is 14.9 Å². The fourth-order valence-electron chi connectivity index (χ4n) is 1.19. The molecule has 0 fully saturated rings. The van der Waals surface area contributed by atoms with Crippen molar-refractivity contribution in [2.24, 2.45) is 0 Å². The number of ketones is 1. The fraction of sp³-hybridized carbons (Fsp3) is 0.500. The maximum absolute atomic E-state index is 11.7. The van der Waals surface area contributed by atoms with Crippen LogP contribution in [0.2, 0.25) is 0 Å². The van der Waals surface area contributed by atoms with Crippen molar-refractivity contribution >= 4 is 17.5 Å². The third-order valence-corrected chi connectivity index (χ3v) is 2.46. The van der Waals surface area contributed by atoms with Gasteiger partial charge in [-0.1, -0.05) is 11.8 Å². The van der Waals surface area contributed by atoms with Crippen molar-refractivity contribution in [2.45, 2.75) is 12.1 Å². The van der Waals surface area contributed by atoms with Crippen LogP contribution < -0.4 is 0 Å². The van der Waals surface area contributed by atoms with E-state index in [1.165, 1.54) is 11.8 Å². The van der Waals surface area contributed by atoms with Crippen molar-refractivity contribution in [2.75, 3.05) is 26.9 Å². The molecule has 1 heterocycles. The van der Waals surface area contributed by atoms with Gasteiger partial charge in [-0.25, -0.2) is 9.97 Å². The number of hydrogen-bond acceptors (Lipinski definition) is 5. The molecule has 0 unspecified atom stereocenters. The molecule has 1 aromatic rings. The number of likely N-dealkylation sites (N-methyl/N-ethyl adjacent to an activating group) is 1. The molecule has 0 saturated carbocycles. The summed E-state index contributed by atoms with van der Waals surface area (Å²) in [6, 6.07) is 0. The molecule has 0 amide bonds. The zero-order chi connectivity index (χ0) is 11.4. The summed E-state index contributed by atoms with van der Waals surface area (Å²) in [6.45, 7) is 2.23. The van der Waals surface area contributed by atoms with E-state index >= 15 is 0 Å². The molecule has 0 spiro atoms. The highest BCUT2D eigenvalue weighted by Crippen LogP contribution is 2.11. The van der Waals surface area contributed by atoms with Crippen LogP contribution in [0.25, 0.3) is 0 Å². The number of aromatic nitrogens is 2. The largest absolute Gasteiger partial charge is 0.302 e. The summed E-state index contributed by atoms with van der Waals surface area (Å²) < 4.78 is 0. The van der Waals surface area contributed by atoms with E-state index in [2.05, 4.69) is 9.97 Å². The molecule has 0 aliphatic carbocycles. The van der Waals surface area contributed by atoms with Crippen LogP contribution >= 0.6 is 11.8 Å². The van der Waals surface area contributed by atoms with Gasteiger partial charge in [0.1, 0.15) is 0 Å². The highest BCUT2D eigenvalue weighted by molar-refractivity contribution is 7.98. The molecule has 82 valence electrons. The second kappa shape index (κ2) is 5.23. The Morgan fingerprint density at radius 3 is 2.67 bits per heavy atom. The van der Waals surface area contributed by atoms with Crippen LogP contribution in [0.5, 0.6) is 0 Å². The van der Waals surface area contributed by atoms with Crippen LogP contribution in [0.1, 0.15) is 16.1 Å².